The molecule has 3 aromatic carbocycles. The van der Waals surface area contributed by atoms with Gasteiger partial charge in [-0.1, -0.05) is 76.6 Å². The van der Waals surface area contributed by atoms with E-state index in [1.807, 2.05) is 42.5 Å². The van der Waals surface area contributed by atoms with E-state index in [-0.39, 0.29) is 11.5 Å². The highest BCUT2D eigenvalue weighted by molar-refractivity contribution is 9.10. The third-order valence-corrected chi connectivity index (χ3v) is 7.58. The van der Waals surface area contributed by atoms with Gasteiger partial charge in [-0.2, -0.15) is 9.78 Å². The second-order valence-corrected chi connectivity index (χ2v) is 10.6. The minimum Gasteiger partial charge on any atom is -0.487 e. The van der Waals surface area contributed by atoms with E-state index in [1.54, 1.807) is 24.4 Å². The smallest absolute Gasteiger partial charge is 0.282 e. The van der Waals surface area contributed by atoms with Crippen molar-refractivity contribution in [1.29, 1.82) is 0 Å². The molecule has 0 spiro atoms. The minimum atomic E-state index is -0.177. The Morgan fingerprint density at radius 3 is 2.61 bits per heavy atom. The summed E-state index contributed by atoms with van der Waals surface area (Å²) in [6.07, 6.45) is 7.14. The van der Waals surface area contributed by atoms with Crippen LogP contribution in [0.5, 0.6) is 5.75 Å². The van der Waals surface area contributed by atoms with Gasteiger partial charge in [0.25, 0.3) is 5.56 Å². The van der Waals surface area contributed by atoms with Crippen LogP contribution in [-0.2, 0) is 6.61 Å². The van der Waals surface area contributed by atoms with Crippen molar-refractivity contribution in [2.75, 3.05) is 0 Å². The maximum atomic E-state index is 13.5. The number of hydrogen-bond acceptors (Lipinski definition) is 4. The fourth-order valence-corrected chi connectivity index (χ4v) is 5.31. The highest BCUT2D eigenvalue weighted by Crippen LogP contribution is 2.32. The van der Waals surface area contributed by atoms with E-state index in [0.717, 1.165) is 47.1 Å². The summed E-state index contributed by atoms with van der Waals surface area (Å²) in [6, 6.07) is 18.5. The van der Waals surface area contributed by atoms with Crippen LogP contribution in [-0.4, -0.2) is 15.9 Å². The first kappa shape index (κ1) is 25.0. The fourth-order valence-electron chi connectivity index (χ4n) is 4.51. The maximum absolute atomic E-state index is 13.5. The fraction of sp³-hybridized carbons (Fsp3) is 0.250. The van der Waals surface area contributed by atoms with Crippen molar-refractivity contribution < 1.29 is 4.74 Å². The van der Waals surface area contributed by atoms with Gasteiger partial charge in [0.1, 0.15) is 18.2 Å². The lowest BCUT2D eigenvalue weighted by Crippen LogP contribution is -2.25. The number of halogens is 3. The van der Waals surface area contributed by atoms with Crippen LogP contribution in [0.2, 0.25) is 10.0 Å². The largest absolute Gasteiger partial charge is 0.487 e. The Morgan fingerprint density at radius 1 is 1.03 bits per heavy atom. The van der Waals surface area contributed by atoms with Gasteiger partial charge in [-0.3, -0.25) is 4.79 Å². The van der Waals surface area contributed by atoms with Crippen molar-refractivity contribution in [3.05, 3.63) is 102 Å². The third kappa shape index (κ3) is 5.51. The first-order valence-electron chi connectivity index (χ1n) is 11.9. The van der Waals surface area contributed by atoms with Crippen LogP contribution in [0.4, 0.5) is 0 Å². The van der Waals surface area contributed by atoms with Gasteiger partial charge < -0.3 is 4.74 Å². The van der Waals surface area contributed by atoms with E-state index < -0.39 is 0 Å². The van der Waals surface area contributed by atoms with Crippen molar-refractivity contribution in [2.45, 2.75) is 44.6 Å². The van der Waals surface area contributed by atoms with Gasteiger partial charge in [-0.05, 0) is 60.9 Å². The van der Waals surface area contributed by atoms with Gasteiger partial charge >= 0.3 is 0 Å². The molecule has 0 radical (unpaired) electrons. The molecule has 0 unspecified atom stereocenters. The van der Waals surface area contributed by atoms with Crippen LogP contribution in [0.15, 0.2) is 75.0 Å². The van der Waals surface area contributed by atoms with Crippen LogP contribution >= 0.6 is 39.1 Å². The predicted molar refractivity (Wildman–Crippen MR) is 150 cm³/mol. The van der Waals surface area contributed by atoms with E-state index in [2.05, 4.69) is 21.0 Å². The zero-order chi connectivity index (χ0) is 25.1. The molecule has 5 rings (SSSR count). The molecule has 4 aromatic rings. The molecule has 36 heavy (non-hydrogen) atoms. The first-order valence-corrected chi connectivity index (χ1v) is 13.5. The molecular weight excluding hydrogens is 561 g/mol. The van der Waals surface area contributed by atoms with E-state index in [9.17, 15) is 4.79 Å². The Balaban J connectivity index is 1.44. The van der Waals surface area contributed by atoms with E-state index in [0.29, 0.717) is 33.3 Å². The van der Waals surface area contributed by atoms with E-state index >= 15 is 0 Å². The molecule has 8 heteroatoms. The number of benzene rings is 3. The molecule has 5 nitrogen and oxygen atoms in total. The molecule has 184 valence electrons. The monoisotopic (exact) mass is 583 g/mol. The van der Waals surface area contributed by atoms with Gasteiger partial charge in [0, 0.05) is 21.0 Å². The molecule has 0 aliphatic heterocycles. The number of nitrogens with zero attached hydrogens (tertiary/aromatic N) is 3. The lowest BCUT2D eigenvalue weighted by molar-refractivity contribution is 0.306. The van der Waals surface area contributed by atoms with E-state index in [1.165, 1.54) is 11.1 Å². The average molecular weight is 585 g/mol. The second-order valence-electron chi connectivity index (χ2n) is 8.90. The third-order valence-electron chi connectivity index (χ3n) is 6.42. The second kappa shape index (κ2) is 11.2. The van der Waals surface area contributed by atoms with Gasteiger partial charge in [-0.25, -0.2) is 4.98 Å². The van der Waals surface area contributed by atoms with Gasteiger partial charge in [0.05, 0.1) is 22.1 Å². The molecule has 1 aliphatic carbocycles. The zero-order valence-corrected chi connectivity index (χ0v) is 22.6. The van der Waals surface area contributed by atoms with Crippen LogP contribution < -0.4 is 10.3 Å². The standard InChI is InChI=1S/C28H24BrCl2N3O2/c29-21-11-12-25-22(15-21)28(35)34(27(33-25)19-6-2-1-3-7-19)32-16-18-10-13-26(24(31)14-18)36-17-20-8-4-5-9-23(20)30/h4-5,8-16,19H,1-3,6-7,17H2. The Kier molecular flexibility index (Phi) is 7.75. The molecule has 0 saturated heterocycles. The lowest BCUT2D eigenvalue weighted by atomic mass is 9.88. The molecule has 0 bridgehead atoms. The number of aromatic nitrogens is 2. The highest BCUT2D eigenvalue weighted by Gasteiger charge is 2.22. The molecule has 1 saturated carbocycles. The molecule has 1 aromatic heterocycles. The van der Waals surface area contributed by atoms with E-state index in [4.69, 9.17) is 32.9 Å². The number of ether oxygens (including phenoxy) is 1. The Labute approximate surface area is 227 Å². The molecular formula is C28H24BrCl2N3O2. The first-order chi connectivity index (χ1) is 17.5. The SMILES string of the molecule is O=c1c2cc(Br)ccc2nc(C2CCCCC2)n1N=Cc1ccc(OCc2ccccc2Cl)c(Cl)c1. The molecule has 0 N–H and O–H groups in total. The summed E-state index contributed by atoms with van der Waals surface area (Å²) in [4.78, 5) is 18.3. The summed E-state index contributed by atoms with van der Waals surface area (Å²) in [5.74, 6) is 1.48. The normalized spacial score (nSPS) is 14.5. The van der Waals surface area contributed by atoms with Crippen molar-refractivity contribution in [2.24, 2.45) is 5.10 Å². The Morgan fingerprint density at radius 2 is 1.83 bits per heavy atom. The van der Waals surface area contributed by atoms with Crippen LogP contribution in [0.1, 0.15) is 55.0 Å². The summed E-state index contributed by atoms with van der Waals surface area (Å²) in [5.41, 5.74) is 2.15. The summed E-state index contributed by atoms with van der Waals surface area (Å²) in [7, 11) is 0. The summed E-state index contributed by atoms with van der Waals surface area (Å²) < 4.78 is 8.15. The predicted octanol–water partition coefficient (Wildman–Crippen LogP) is 7.97. The quantitative estimate of drug-likeness (QED) is 0.216. The topological polar surface area (TPSA) is 56.5 Å². The molecule has 1 fully saturated rings. The number of fused-ring (bicyclic) bond motifs is 1. The Bertz CT molecular complexity index is 1500. The van der Waals surface area contributed by atoms with Crippen molar-refractivity contribution in [3.63, 3.8) is 0 Å². The number of rotatable bonds is 6. The molecule has 0 atom stereocenters. The lowest BCUT2D eigenvalue weighted by Gasteiger charge is -2.22. The summed E-state index contributed by atoms with van der Waals surface area (Å²) in [5, 5.41) is 6.22. The maximum Gasteiger partial charge on any atom is 0.282 e. The molecule has 0 amide bonds. The Hall–Kier alpha value is -2.67. The van der Waals surface area contributed by atoms with Crippen LogP contribution in [0.3, 0.4) is 0 Å². The average Bonchev–Trinajstić information content (AvgIpc) is 2.89. The van der Waals surface area contributed by atoms with Crippen LogP contribution in [0.25, 0.3) is 10.9 Å². The highest BCUT2D eigenvalue weighted by atomic mass is 79.9. The summed E-state index contributed by atoms with van der Waals surface area (Å²) >= 11 is 16.2. The van der Waals surface area contributed by atoms with Gasteiger partial charge in [-0.15, -0.1) is 0 Å². The zero-order valence-electron chi connectivity index (χ0n) is 19.5. The van der Waals surface area contributed by atoms with Gasteiger partial charge in [0.15, 0.2) is 0 Å². The summed E-state index contributed by atoms with van der Waals surface area (Å²) in [6.45, 7) is 0.311. The minimum absolute atomic E-state index is 0.177. The van der Waals surface area contributed by atoms with Crippen molar-refractivity contribution in [1.82, 2.24) is 9.66 Å². The van der Waals surface area contributed by atoms with Crippen LogP contribution in [0, 0.1) is 0 Å². The van der Waals surface area contributed by atoms with Crippen molar-refractivity contribution in [3.8, 4) is 5.75 Å². The van der Waals surface area contributed by atoms with Crippen molar-refractivity contribution >= 4 is 56.2 Å². The molecule has 1 aliphatic rings. The van der Waals surface area contributed by atoms with Gasteiger partial charge in [0.2, 0.25) is 0 Å². The molecule has 1 heterocycles. The number of hydrogen-bond donors (Lipinski definition) is 0.